The molecule has 110 valence electrons. The zero-order valence-electron chi connectivity index (χ0n) is 12.6. The largest absolute Gasteiger partial charge is 0.330 e. The van der Waals surface area contributed by atoms with Crippen molar-refractivity contribution in [2.75, 3.05) is 11.9 Å². The smallest absolute Gasteiger partial charge is 0.255 e. The summed E-state index contributed by atoms with van der Waals surface area (Å²) >= 11 is 0. The highest BCUT2D eigenvalue weighted by molar-refractivity contribution is 6.04. The van der Waals surface area contributed by atoms with Gasteiger partial charge in [0.2, 0.25) is 0 Å². The first-order valence-electron chi connectivity index (χ1n) is 7.30. The lowest BCUT2D eigenvalue weighted by atomic mass is 10.0. The molecular formula is C18H22N2O. The summed E-state index contributed by atoms with van der Waals surface area (Å²) in [5, 5.41) is 2.91. The Bertz CT molecular complexity index is 586. The maximum Gasteiger partial charge on any atom is 0.255 e. The van der Waals surface area contributed by atoms with Gasteiger partial charge in [-0.15, -0.1) is 0 Å². The van der Waals surface area contributed by atoms with Crippen LogP contribution in [-0.4, -0.2) is 12.5 Å². The van der Waals surface area contributed by atoms with Crippen LogP contribution in [0.15, 0.2) is 48.5 Å². The Balaban J connectivity index is 2.03. The Morgan fingerprint density at radius 2 is 1.67 bits per heavy atom. The minimum absolute atomic E-state index is 0.0911. The summed E-state index contributed by atoms with van der Waals surface area (Å²) in [6.07, 6.45) is 0.832. The van der Waals surface area contributed by atoms with Gasteiger partial charge in [-0.05, 0) is 54.3 Å². The highest BCUT2D eigenvalue weighted by Gasteiger charge is 2.06. The molecule has 21 heavy (non-hydrogen) atoms. The fourth-order valence-electron chi connectivity index (χ4n) is 2.14. The van der Waals surface area contributed by atoms with Gasteiger partial charge in [-0.3, -0.25) is 4.79 Å². The second-order valence-corrected chi connectivity index (χ2v) is 5.47. The van der Waals surface area contributed by atoms with Gasteiger partial charge < -0.3 is 11.1 Å². The van der Waals surface area contributed by atoms with E-state index >= 15 is 0 Å². The van der Waals surface area contributed by atoms with Gasteiger partial charge in [0.15, 0.2) is 0 Å². The molecule has 0 fully saturated rings. The van der Waals surface area contributed by atoms with Crippen molar-refractivity contribution in [1.82, 2.24) is 0 Å². The van der Waals surface area contributed by atoms with Gasteiger partial charge in [0.05, 0.1) is 0 Å². The first-order valence-corrected chi connectivity index (χ1v) is 7.30. The van der Waals surface area contributed by atoms with Crippen molar-refractivity contribution in [1.29, 1.82) is 0 Å². The monoisotopic (exact) mass is 282 g/mol. The lowest BCUT2D eigenvalue weighted by Gasteiger charge is -2.09. The molecule has 0 saturated heterocycles. The fourth-order valence-corrected chi connectivity index (χ4v) is 2.14. The molecule has 2 rings (SSSR count). The number of nitrogens with one attached hydrogen (secondary N) is 1. The SMILES string of the molecule is CC(C)c1ccc(NC(=O)c2ccc(CCN)cc2)cc1. The van der Waals surface area contributed by atoms with Gasteiger partial charge in [0.25, 0.3) is 5.91 Å². The molecule has 0 radical (unpaired) electrons. The zero-order chi connectivity index (χ0) is 15.2. The van der Waals surface area contributed by atoms with Gasteiger partial charge in [0.1, 0.15) is 0 Å². The average molecular weight is 282 g/mol. The van der Waals surface area contributed by atoms with Crippen molar-refractivity contribution >= 4 is 11.6 Å². The van der Waals surface area contributed by atoms with E-state index in [4.69, 9.17) is 5.73 Å². The van der Waals surface area contributed by atoms with E-state index < -0.39 is 0 Å². The van der Waals surface area contributed by atoms with Gasteiger partial charge in [0, 0.05) is 11.3 Å². The summed E-state index contributed by atoms with van der Waals surface area (Å²) in [7, 11) is 0. The van der Waals surface area contributed by atoms with Crippen molar-refractivity contribution in [3.63, 3.8) is 0 Å². The third-order valence-corrected chi connectivity index (χ3v) is 3.48. The minimum atomic E-state index is -0.0911. The summed E-state index contributed by atoms with van der Waals surface area (Å²) in [5.41, 5.74) is 9.40. The van der Waals surface area contributed by atoms with E-state index in [1.54, 1.807) is 0 Å². The maximum absolute atomic E-state index is 12.2. The van der Waals surface area contributed by atoms with Crippen molar-refractivity contribution in [3.05, 3.63) is 65.2 Å². The molecule has 0 unspecified atom stereocenters. The van der Waals surface area contributed by atoms with E-state index in [0.717, 1.165) is 17.7 Å². The Kier molecular flexibility index (Phi) is 5.12. The maximum atomic E-state index is 12.2. The normalized spacial score (nSPS) is 10.7. The number of anilines is 1. The number of nitrogens with two attached hydrogens (primary N) is 1. The Hall–Kier alpha value is -2.13. The van der Waals surface area contributed by atoms with Crippen LogP contribution >= 0.6 is 0 Å². The van der Waals surface area contributed by atoms with Crippen molar-refractivity contribution in [2.45, 2.75) is 26.2 Å². The van der Waals surface area contributed by atoms with Crippen LogP contribution in [0.1, 0.15) is 41.3 Å². The number of amides is 1. The quantitative estimate of drug-likeness (QED) is 0.881. The lowest BCUT2D eigenvalue weighted by Crippen LogP contribution is -2.12. The van der Waals surface area contributed by atoms with Crippen LogP contribution in [0.4, 0.5) is 5.69 Å². The molecule has 0 bridgehead atoms. The number of carbonyl (C=O) groups excluding carboxylic acids is 1. The second-order valence-electron chi connectivity index (χ2n) is 5.47. The first-order chi connectivity index (χ1) is 10.1. The van der Waals surface area contributed by atoms with Crippen LogP contribution < -0.4 is 11.1 Å². The summed E-state index contributed by atoms with van der Waals surface area (Å²) in [5.74, 6) is 0.399. The van der Waals surface area contributed by atoms with Crippen molar-refractivity contribution in [3.8, 4) is 0 Å². The molecule has 0 saturated carbocycles. The molecule has 0 aliphatic heterocycles. The first kappa shape index (κ1) is 15.3. The molecule has 3 nitrogen and oxygen atoms in total. The average Bonchev–Trinajstić information content (AvgIpc) is 2.49. The van der Waals surface area contributed by atoms with Crippen LogP contribution in [0.3, 0.4) is 0 Å². The number of carbonyl (C=O) groups is 1. The molecular weight excluding hydrogens is 260 g/mol. The van der Waals surface area contributed by atoms with E-state index in [2.05, 4.69) is 19.2 Å². The predicted molar refractivity (Wildman–Crippen MR) is 87.7 cm³/mol. The van der Waals surface area contributed by atoms with Crippen LogP contribution in [0.5, 0.6) is 0 Å². The summed E-state index contributed by atoms with van der Waals surface area (Å²) < 4.78 is 0. The molecule has 0 atom stereocenters. The molecule has 0 aliphatic carbocycles. The highest BCUT2D eigenvalue weighted by atomic mass is 16.1. The van der Waals surface area contributed by atoms with Crippen LogP contribution in [0.25, 0.3) is 0 Å². The Morgan fingerprint density at radius 1 is 1.05 bits per heavy atom. The van der Waals surface area contributed by atoms with E-state index in [-0.39, 0.29) is 5.91 Å². The lowest BCUT2D eigenvalue weighted by molar-refractivity contribution is 0.102. The van der Waals surface area contributed by atoms with E-state index in [1.807, 2.05) is 48.5 Å². The Labute approximate surface area is 126 Å². The third kappa shape index (κ3) is 4.17. The van der Waals surface area contributed by atoms with Crippen LogP contribution in [0, 0.1) is 0 Å². The number of hydrogen-bond acceptors (Lipinski definition) is 2. The molecule has 3 N–H and O–H groups in total. The van der Waals surface area contributed by atoms with Crippen molar-refractivity contribution < 1.29 is 4.79 Å². The molecule has 0 aromatic heterocycles. The van der Waals surface area contributed by atoms with Gasteiger partial charge in [-0.25, -0.2) is 0 Å². The Morgan fingerprint density at radius 3 is 2.19 bits per heavy atom. The van der Waals surface area contributed by atoms with E-state index in [9.17, 15) is 4.79 Å². The molecule has 0 aliphatic rings. The van der Waals surface area contributed by atoms with Gasteiger partial charge >= 0.3 is 0 Å². The standard InChI is InChI=1S/C18H22N2O/c1-13(2)15-7-9-17(10-8-15)20-18(21)16-5-3-14(4-6-16)11-12-19/h3-10,13H,11-12,19H2,1-2H3,(H,20,21). The summed E-state index contributed by atoms with van der Waals surface area (Å²) in [4.78, 5) is 12.2. The van der Waals surface area contributed by atoms with Gasteiger partial charge in [-0.2, -0.15) is 0 Å². The number of hydrogen-bond donors (Lipinski definition) is 2. The minimum Gasteiger partial charge on any atom is -0.330 e. The van der Waals surface area contributed by atoms with Crippen LogP contribution in [-0.2, 0) is 6.42 Å². The molecule has 1 amide bonds. The molecule has 0 spiro atoms. The topological polar surface area (TPSA) is 55.1 Å². The van der Waals surface area contributed by atoms with Crippen LogP contribution in [0.2, 0.25) is 0 Å². The zero-order valence-corrected chi connectivity index (χ0v) is 12.6. The van der Waals surface area contributed by atoms with E-state index in [1.165, 1.54) is 5.56 Å². The molecule has 2 aromatic carbocycles. The fraction of sp³-hybridized carbons (Fsp3) is 0.278. The molecule has 2 aromatic rings. The second kappa shape index (κ2) is 7.04. The van der Waals surface area contributed by atoms with Crippen molar-refractivity contribution in [2.24, 2.45) is 5.73 Å². The summed E-state index contributed by atoms with van der Waals surface area (Å²) in [6, 6.07) is 15.5. The number of benzene rings is 2. The summed E-state index contributed by atoms with van der Waals surface area (Å²) in [6.45, 7) is 4.92. The number of rotatable bonds is 5. The molecule has 3 heteroatoms. The van der Waals surface area contributed by atoms with E-state index in [0.29, 0.717) is 18.0 Å². The molecule has 0 heterocycles. The third-order valence-electron chi connectivity index (χ3n) is 3.48. The highest BCUT2D eigenvalue weighted by Crippen LogP contribution is 2.17. The van der Waals surface area contributed by atoms with Gasteiger partial charge in [-0.1, -0.05) is 38.1 Å². The predicted octanol–water partition coefficient (Wildman–Crippen LogP) is 3.56.